The van der Waals surface area contributed by atoms with E-state index in [2.05, 4.69) is 65.8 Å². The maximum atomic E-state index is 13.2. The Hall–Kier alpha value is -2.64. The predicted octanol–water partition coefficient (Wildman–Crippen LogP) is 4.41. The molecule has 7 heteroatoms. The molecule has 2 aromatic carbocycles. The van der Waals surface area contributed by atoms with Crippen LogP contribution in [0.5, 0.6) is 0 Å². The summed E-state index contributed by atoms with van der Waals surface area (Å²) in [6.45, 7) is 4.96. The van der Waals surface area contributed by atoms with Crippen LogP contribution in [0.4, 0.5) is 5.69 Å². The molecule has 3 aromatic rings. The number of hydrogen-bond acceptors (Lipinski definition) is 5. The predicted molar refractivity (Wildman–Crippen MR) is 130 cm³/mol. The lowest BCUT2D eigenvalue weighted by molar-refractivity contribution is -0.116. The van der Waals surface area contributed by atoms with Crippen molar-refractivity contribution in [1.29, 1.82) is 0 Å². The molecule has 32 heavy (non-hydrogen) atoms. The van der Waals surface area contributed by atoms with Crippen molar-refractivity contribution < 1.29 is 4.79 Å². The number of carbonyl (C=O) groups excluding carboxylic acids is 1. The number of rotatable bonds is 8. The van der Waals surface area contributed by atoms with E-state index in [-0.39, 0.29) is 18.0 Å². The van der Waals surface area contributed by atoms with Gasteiger partial charge in [0, 0.05) is 11.7 Å². The first-order valence-electron chi connectivity index (χ1n) is 11.2. The quantitative estimate of drug-likeness (QED) is 0.477. The Morgan fingerprint density at radius 2 is 1.84 bits per heavy atom. The van der Waals surface area contributed by atoms with Crippen LogP contribution in [-0.4, -0.2) is 51.5 Å². The van der Waals surface area contributed by atoms with E-state index in [9.17, 15) is 4.79 Å². The first kappa shape index (κ1) is 22.6. The van der Waals surface area contributed by atoms with Crippen molar-refractivity contribution in [1.82, 2.24) is 19.7 Å². The molecule has 0 saturated carbocycles. The summed E-state index contributed by atoms with van der Waals surface area (Å²) in [6.07, 6.45) is 1.84. The number of thioether (sulfide) groups is 1. The number of benzene rings is 2. The van der Waals surface area contributed by atoms with Gasteiger partial charge in [-0.15, -0.1) is 10.2 Å². The van der Waals surface area contributed by atoms with E-state index < -0.39 is 0 Å². The molecule has 2 unspecified atom stereocenters. The van der Waals surface area contributed by atoms with Gasteiger partial charge in [0.25, 0.3) is 0 Å². The highest BCUT2D eigenvalue weighted by atomic mass is 32.2. The molecule has 1 amide bonds. The van der Waals surface area contributed by atoms with Gasteiger partial charge in [0.15, 0.2) is 11.0 Å². The molecule has 0 saturated heterocycles. The Morgan fingerprint density at radius 1 is 1.12 bits per heavy atom. The topological polar surface area (TPSA) is 54.3 Å². The third-order valence-corrected chi connectivity index (χ3v) is 6.99. The minimum absolute atomic E-state index is 0.114. The van der Waals surface area contributed by atoms with Crippen LogP contribution in [0.1, 0.15) is 43.3 Å². The Balaban J connectivity index is 1.57. The molecular weight excluding hydrogens is 418 g/mol. The molecule has 0 spiro atoms. The maximum Gasteiger partial charge on any atom is 0.237 e. The Morgan fingerprint density at radius 3 is 2.56 bits per heavy atom. The van der Waals surface area contributed by atoms with Gasteiger partial charge in [-0.25, -0.2) is 0 Å². The van der Waals surface area contributed by atoms with Gasteiger partial charge in [-0.1, -0.05) is 67.2 Å². The van der Waals surface area contributed by atoms with Gasteiger partial charge in [-0.05, 0) is 51.1 Å². The molecule has 0 bridgehead atoms. The number of hydrogen-bond donors (Lipinski definition) is 0. The Labute approximate surface area is 194 Å². The number of aromatic nitrogens is 3. The molecule has 2 heterocycles. The third kappa shape index (κ3) is 4.59. The zero-order valence-electron chi connectivity index (χ0n) is 19.2. The van der Waals surface area contributed by atoms with Crippen LogP contribution in [0.15, 0.2) is 59.8 Å². The van der Waals surface area contributed by atoms with Crippen molar-refractivity contribution in [3.8, 4) is 0 Å². The van der Waals surface area contributed by atoms with Gasteiger partial charge in [0.2, 0.25) is 5.91 Å². The fourth-order valence-corrected chi connectivity index (χ4v) is 5.29. The molecule has 1 aliphatic heterocycles. The molecule has 0 radical (unpaired) electrons. The van der Waals surface area contributed by atoms with Crippen LogP contribution in [0.2, 0.25) is 0 Å². The van der Waals surface area contributed by atoms with Gasteiger partial charge in [0.1, 0.15) is 0 Å². The SMILES string of the molecule is CCC(c1nnc(SCC(=O)N2c3ccccc3CC2C)n1Cc1ccccc1)N(C)C. The molecule has 0 N–H and O–H groups in total. The van der Waals surface area contributed by atoms with Crippen molar-refractivity contribution in [2.24, 2.45) is 0 Å². The summed E-state index contributed by atoms with van der Waals surface area (Å²) in [4.78, 5) is 17.3. The molecule has 1 aromatic heterocycles. The maximum absolute atomic E-state index is 13.2. The number of anilines is 1. The van der Waals surface area contributed by atoms with Crippen LogP contribution in [0.3, 0.4) is 0 Å². The van der Waals surface area contributed by atoms with Crippen molar-refractivity contribution in [2.75, 3.05) is 24.7 Å². The normalized spacial score (nSPS) is 16.4. The summed E-state index contributed by atoms with van der Waals surface area (Å²) in [5.41, 5.74) is 3.47. The summed E-state index contributed by atoms with van der Waals surface area (Å²) in [6, 6.07) is 18.9. The lowest BCUT2D eigenvalue weighted by Crippen LogP contribution is -2.37. The minimum Gasteiger partial charge on any atom is -0.308 e. The van der Waals surface area contributed by atoms with Gasteiger partial charge < -0.3 is 9.47 Å². The van der Waals surface area contributed by atoms with Gasteiger partial charge in [-0.2, -0.15) is 0 Å². The first-order valence-corrected chi connectivity index (χ1v) is 12.1. The minimum atomic E-state index is 0.114. The second-order valence-corrected chi connectivity index (χ2v) is 9.48. The molecular formula is C25H31N5OS. The third-order valence-electron chi connectivity index (χ3n) is 6.04. The molecule has 4 rings (SSSR count). The molecule has 6 nitrogen and oxygen atoms in total. The number of fused-ring (bicyclic) bond motifs is 1. The summed E-state index contributed by atoms with van der Waals surface area (Å²) in [7, 11) is 4.14. The van der Waals surface area contributed by atoms with Gasteiger partial charge in [0.05, 0.1) is 18.3 Å². The average Bonchev–Trinajstić information content (AvgIpc) is 3.33. The van der Waals surface area contributed by atoms with Gasteiger partial charge >= 0.3 is 0 Å². The van der Waals surface area contributed by atoms with Gasteiger partial charge in [-0.3, -0.25) is 9.69 Å². The highest BCUT2D eigenvalue weighted by molar-refractivity contribution is 7.99. The van der Waals surface area contributed by atoms with Crippen LogP contribution < -0.4 is 4.90 Å². The van der Waals surface area contributed by atoms with E-state index in [0.717, 1.165) is 29.5 Å². The second-order valence-electron chi connectivity index (χ2n) is 8.53. The van der Waals surface area contributed by atoms with Crippen molar-refractivity contribution in [3.63, 3.8) is 0 Å². The largest absolute Gasteiger partial charge is 0.308 e. The number of para-hydroxylation sites is 1. The highest BCUT2D eigenvalue weighted by Crippen LogP contribution is 2.33. The smallest absolute Gasteiger partial charge is 0.237 e. The first-order chi connectivity index (χ1) is 15.5. The van der Waals surface area contributed by atoms with Crippen LogP contribution in [0, 0.1) is 0 Å². The second kappa shape index (κ2) is 9.88. The lowest BCUT2D eigenvalue weighted by Gasteiger charge is -2.24. The Kier molecular flexibility index (Phi) is 6.96. The summed E-state index contributed by atoms with van der Waals surface area (Å²) < 4.78 is 2.17. The van der Waals surface area contributed by atoms with Crippen LogP contribution in [-0.2, 0) is 17.8 Å². The summed E-state index contributed by atoms with van der Waals surface area (Å²) >= 11 is 1.48. The molecule has 0 aliphatic carbocycles. The van der Waals surface area contributed by atoms with E-state index >= 15 is 0 Å². The number of amides is 1. The zero-order valence-corrected chi connectivity index (χ0v) is 20.0. The highest BCUT2D eigenvalue weighted by Gasteiger charge is 2.31. The van der Waals surface area contributed by atoms with E-state index in [1.54, 1.807) is 0 Å². The average molecular weight is 450 g/mol. The van der Waals surface area contributed by atoms with E-state index in [4.69, 9.17) is 0 Å². The molecule has 2 atom stereocenters. The van der Waals surface area contributed by atoms with Crippen molar-refractivity contribution in [3.05, 3.63) is 71.5 Å². The fourth-order valence-electron chi connectivity index (χ4n) is 4.49. The Bertz CT molecular complexity index is 1070. The lowest BCUT2D eigenvalue weighted by atomic mass is 10.1. The molecule has 1 aliphatic rings. The standard InChI is InChI=1S/C25H31N5OS/c1-5-21(28(3)4)24-26-27-25(29(24)16-19-11-7-6-8-12-19)32-17-23(31)30-18(2)15-20-13-9-10-14-22(20)30/h6-14,18,21H,5,15-17H2,1-4H3. The number of carbonyl (C=O) groups is 1. The fraction of sp³-hybridized carbons (Fsp3) is 0.400. The van der Waals surface area contributed by atoms with E-state index in [1.165, 1.54) is 22.9 Å². The van der Waals surface area contributed by atoms with Crippen molar-refractivity contribution in [2.45, 2.75) is 50.5 Å². The zero-order chi connectivity index (χ0) is 22.7. The van der Waals surface area contributed by atoms with Crippen LogP contribution in [0.25, 0.3) is 0 Å². The van der Waals surface area contributed by atoms with E-state index in [1.807, 2.05) is 41.3 Å². The van der Waals surface area contributed by atoms with Crippen molar-refractivity contribution >= 4 is 23.4 Å². The molecule has 0 fully saturated rings. The summed E-state index contributed by atoms with van der Waals surface area (Å²) in [5, 5.41) is 9.85. The monoisotopic (exact) mass is 449 g/mol. The molecule has 168 valence electrons. The van der Waals surface area contributed by atoms with Crippen LogP contribution >= 0.6 is 11.8 Å². The summed E-state index contributed by atoms with van der Waals surface area (Å²) in [5.74, 6) is 1.39. The number of nitrogens with zero attached hydrogens (tertiary/aromatic N) is 5. The van der Waals surface area contributed by atoms with E-state index in [0.29, 0.717) is 12.3 Å².